The third kappa shape index (κ3) is 3.77. The van der Waals surface area contributed by atoms with E-state index in [4.69, 9.17) is 23.2 Å². The maximum absolute atomic E-state index is 12.7. The zero-order valence-corrected chi connectivity index (χ0v) is 13.8. The van der Waals surface area contributed by atoms with Gasteiger partial charge in [-0.05, 0) is 23.8 Å². The van der Waals surface area contributed by atoms with E-state index in [2.05, 4.69) is 0 Å². The Balaban J connectivity index is 2.33. The fourth-order valence-corrected chi connectivity index (χ4v) is 3.77. The van der Waals surface area contributed by atoms with Crippen LogP contribution in [0.25, 0.3) is 0 Å². The van der Waals surface area contributed by atoms with Crippen LogP contribution in [-0.2, 0) is 16.6 Å². The predicted octanol–water partition coefficient (Wildman–Crippen LogP) is 4.20. The van der Waals surface area contributed by atoms with Gasteiger partial charge in [-0.3, -0.25) is 0 Å². The van der Waals surface area contributed by atoms with Crippen molar-refractivity contribution >= 4 is 33.2 Å². The molecule has 21 heavy (non-hydrogen) atoms. The van der Waals surface area contributed by atoms with Crippen LogP contribution in [0.15, 0.2) is 53.4 Å². The van der Waals surface area contributed by atoms with Gasteiger partial charge in [-0.2, -0.15) is 4.31 Å². The summed E-state index contributed by atoms with van der Waals surface area (Å²) in [6.07, 6.45) is 0. The van der Waals surface area contributed by atoms with Gasteiger partial charge >= 0.3 is 0 Å². The Morgan fingerprint density at radius 3 is 2.24 bits per heavy atom. The molecule has 2 aromatic rings. The van der Waals surface area contributed by atoms with Crippen LogP contribution in [0.4, 0.5) is 0 Å². The van der Waals surface area contributed by atoms with Crippen LogP contribution in [0, 0.1) is 0 Å². The highest BCUT2D eigenvalue weighted by molar-refractivity contribution is 7.89. The van der Waals surface area contributed by atoms with Crippen LogP contribution in [-0.4, -0.2) is 19.3 Å². The first-order valence-electron chi connectivity index (χ1n) is 6.44. The smallest absolute Gasteiger partial charge is 0.207 e. The van der Waals surface area contributed by atoms with E-state index in [1.54, 1.807) is 6.92 Å². The van der Waals surface area contributed by atoms with Crippen molar-refractivity contribution in [3.8, 4) is 0 Å². The number of nitrogens with zero attached hydrogens (tertiary/aromatic N) is 1. The molecular formula is C15H15Cl2NO2S. The van der Waals surface area contributed by atoms with Gasteiger partial charge in [0.1, 0.15) is 0 Å². The van der Waals surface area contributed by atoms with Gasteiger partial charge in [-0.1, -0.05) is 60.5 Å². The van der Waals surface area contributed by atoms with Gasteiger partial charge in [0.25, 0.3) is 0 Å². The van der Waals surface area contributed by atoms with E-state index < -0.39 is 10.0 Å². The zero-order valence-electron chi connectivity index (χ0n) is 11.5. The molecule has 0 aromatic heterocycles. The van der Waals surface area contributed by atoms with Crippen molar-refractivity contribution < 1.29 is 8.42 Å². The fourth-order valence-electron chi connectivity index (χ4n) is 1.94. The number of halogens is 2. The first-order chi connectivity index (χ1) is 9.95. The Hall–Kier alpha value is -1.07. The normalized spacial score (nSPS) is 11.8. The molecule has 0 amide bonds. The Kier molecular flexibility index (Phi) is 5.27. The van der Waals surface area contributed by atoms with Crippen LogP contribution >= 0.6 is 23.2 Å². The van der Waals surface area contributed by atoms with Crippen molar-refractivity contribution in [3.63, 3.8) is 0 Å². The van der Waals surface area contributed by atoms with Gasteiger partial charge in [0.05, 0.1) is 14.9 Å². The summed E-state index contributed by atoms with van der Waals surface area (Å²) in [6, 6.07) is 13.8. The average Bonchev–Trinajstić information content (AvgIpc) is 2.48. The Bertz CT molecular complexity index is 718. The highest BCUT2D eigenvalue weighted by atomic mass is 35.5. The highest BCUT2D eigenvalue weighted by Gasteiger charge is 2.23. The van der Waals surface area contributed by atoms with Gasteiger partial charge < -0.3 is 0 Å². The Labute approximate surface area is 135 Å². The Morgan fingerprint density at radius 2 is 1.67 bits per heavy atom. The van der Waals surface area contributed by atoms with Crippen LogP contribution in [0.1, 0.15) is 12.5 Å². The van der Waals surface area contributed by atoms with Crippen LogP contribution in [0.2, 0.25) is 10.0 Å². The maximum Gasteiger partial charge on any atom is 0.243 e. The van der Waals surface area contributed by atoms with Gasteiger partial charge in [0.2, 0.25) is 10.0 Å². The minimum Gasteiger partial charge on any atom is -0.207 e. The zero-order chi connectivity index (χ0) is 15.5. The molecule has 6 heteroatoms. The van der Waals surface area contributed by atoms with E-state index in [-0.39, 0.29) is 9.92 Å². The molecule has 0 heterocycles. The molecule has 0 fully saturated rings. The van der Waals surface area contributed by atoms with Crippen molar-refractivity contribution in [1.82, 2.24) is 4.31 Å². The Morgan fingerprint density at radius 1 is 1.00 bits per heavy atom. The van der Waals surface area contributed by atoms with Gasteiger partial charge in [-0.15, -0.1) is 0 Å². The number of hydrogen-bond donors (Lipinski definition) is 0. The van der Waals surface area contributed by atoms with E-state index >= 15 is 0 Å². The molecule has 0 aliphatic carbocycles. The van der Waals surface area contributed by atoms with E-state index in [1.165, 1.54) is 22.5 Å². The molecule has 0 saturated carbocycles. The lowest BCUT2D eigenvalue weighted by Gasteiger charge is -2.20. The quantitative estimate of drug-likeness (QED) is 0.815. The molecule has 0 aliphatic rings. The molecule has 3 nitrogen and oxygen atoms in total. The molecule has 0 saturated heterocycles. The SMILES string of the molecule is CCN(Cc1ccccc1)S(=O)(=O)c1ccc(Cl)c(Cl)c1. The molecule has 0 spiro atoms. The monoisotopic (exact) mass is 343 g/mol. The number of benzene rings is 2. The first-order valence-corrected chi connectivity index (χ1v) is 8.64. The van der Waals surface area contributed by atoms with Gasteiger partial charge in [0.15, 0.2) is 0 Å². The number of rotatable bonds is 5. The maximum atomic E-state index is 12.7. The van der Waals surface area contributed by atoms with Crippen molar-refractivity contribution in [3.05, 3.63) is 64.1 Å². The summed E-state index contributed by atoms with van der Waals surface area (Å²) < 4.78 is 26.7. The van der Waals surface area contributed by atoms with Crippen LogP contribution in [0.5, 0.6) is 0 Å². The lowest BCUT2D eigenvalue weighted by molar-refractivity contribution is 0.423. The van der Waals surface area contributed by atoms with Crippen molar-refractivity contribution in [2.75, 3.05) is 6.54 Å². The number of sulfonamides is 1. The predicted molar refractivity (Wildman–Crippen MR) is 86.2 cm³/mol. The van der Waals surface area contributed by atoms with E-state index in [0.29, 0.717) is 18.1 Å². The summed E-state index contributed by atoms with van der Waals surface area (Å²) in [5, 5.41) is 0.565. The lowest BCUT2D eigenvalue weighted by atomic mass is 10.2. The molecule has 112 valence electrons. The fraction of sp³-hybridized carbons (Fsp3) is 0.200. The highest BCUT2D eigenvalue weighted by Crippen LogP contribution is 2.27. The van der Waals surface area contributed by atoms with E-state index in [0.717, 1.165) is 5.56 Å². The van der Waals surface area contributed by atoms with Gasteiger partial charge in [-0.25, -0.2) is 8.42 Å². The summed E-state index contributed by atoms with van der Waals surface area (Å²) in [5.74, 6) is 0. The molecule has 0 N–H and O–H groups in total. The van der Waals surface area contributed by atoms with Crippen LogP contribution in [0.3, 0.4) is 0 Å². The molecule has 2 aromatic carbocycles. The van der Waals surface area contributed by atoms with Crippen LogP contribution < -0.4 is 0 Å². The van der Waals surface area contributed by atoms with Crippen molar-refractivity contribution in [1.29, 1.82) is 0 Å². The van der Waals surface area contributed by atoms with Crippen molar-refractivity contribution in [2.24, 2.45) is 0 Å². The molecule has 0 unspecified atom stereocenters. The molecule has 2 rings (SSSR count). The minimum absolute atomic E-state index is 0.148. The second-order valence-corrected chi connectivity index (χ2v) is 7.25. The molecular weight excluding hydrogens is 329 g/mol. The largest absolute Gasteiger partial charge is 0.243 e. The van der Waals surface area contributed by atoms with E-state index in [1.807, 2.05) is 30.3 Å². The van der Waals surface area contributed by atoms with E-state index in [9.17, 15) is 8.42 Å². The average molecular weight is 344 g/mol. The third-order valence-corrected chi connectivity index (χ3v) is 5.74. The summed E-state index contributed by atoms with van der Waals surface area (Å²) in [4.78, 5) is 0.148. The third-order valence-electron chi connectivity index (χ3n) is 3.08. The second kappa shape index (κ2) is 6.79. The summed E-state index contributed by atoms with van der Waals surface area (Å²) >= 11 is 11.7. The minimum atomic E-state index is -3.60. The van der Waals surface area contributed by atoms with Crippen molar-refractivity contribution in [2.45, 2.75) is 18.4 Å². The number of hydrogen-bond acceptors (Lipinski definition) is 2. The molecule has 0 bridgehead atoms. The molecule has 0 radical (unpaired) electrons. The second-order valence-electron chi connectivity index (χ2n) is 4.49. The summed E-state index contributed by atoms with van der Waals surface area (Å²) in [6.45, 7) is 2.50. The topological polar surface area (TPSA) is 37.4 Å². The summed E-state index contributed by atoms with van der Waals surface area (Å²) in [5.41, 5.74) is 0.933. The molecule has 0 aliphatic heterocycles. The standard InChI is InChI=1S/C15H15Cl2NO2S/c1-2-18(11-12-6-4-3-5-7-12)21(19,20)13-8-9-14(16)15(17)10-13/h3-10H,2,11H2,1H3. The lowest BCUT2D eigenvalue weighted by Crippen LogP contribution is -2.30. The van der Waals surface area contributed by atoms with Gasteiger partial charge in [0, 0.05) is 13.1 Å². The first kappa shape index (κ1) is 16.3. The molecule has 0 atom stereocenters. The summed E-state index contributed by atoms with van der Waals surface area (Å²) in [7, 11) is -3.60.